The molecule has 0 aliphatic carbocycles. The number of carbonyl (C=O) groups is 3. The molecule has 1 N–H and O–H groups in total. The summed E-state index contributed by atoms with van der Waals surface area (Å²) in [6.45, 7) is 1.68. The summed E-state index contributed by atoms with van der Waals surface area (Å²) in [6.07, 6.45) is -0.0104. The van der Waals surface area contributed by atoms with Gasteiger partial charge in [-0.2, -0.15) is 0 Å². The largest absolute Gasteiger partial charge is 0.469 e. The Morgan fingerprint density at radius 2 is 1.48 bits per heavy atom. The lowest BCUT2D eigenvalue weighted by Crippen LogP contribution is -2.46. The van der Waals surface area contributed by atoms with Crippen molar-refractivity contribution in [2.45, 2.75) is 19.4 Å². The molecule has 0 saturated heterocycles. The van der Waals surface area contributed by atoms with Crippen LogP contribution in [0.1, 0.15) is 23.7 Å². The van der Waals surface area contributed by atoms with E-state index in [1.807, 2.05) is 42.5 Å². The van der Waals surface area contributed by atoms with E-state index < -0.39 is 29.8 Å². The number of ether oxygens (including phenoxy) is 2. The molecule has 27 heavy (non-hydrogen) atoms. The summed E-state index contributed by atoms with van der Waals surface area (Å²) in [5, 5.41) is 2.65. The standard InChI is InChI=1S/C21H23NO5/c1-14(13-18(23)26-2)19(21(25)27-3)22-20(24)17-11-9-16(10-12-17)15-7-5-4-6-8-15/h4-12,14,19H,13H2,1-3H3,(H,22,24)/t14-,19-/m1/s1. The van der Waals surface area contributed by atoms with Gasteiger partial charge in [-0.3, -0.25) is 9.59 Å². The topological polar surface area (TPSA) is 81.7 Å². The van der Waals surface area contributed by atoms with Gasteiger partial charge in [0.05, 0.1) is 20.6 Å². The van der Waals surface area contributed by atoms with Crippen LogP contribution in [0.4, 0.5) is 0 Å². The highest BCUT2D eigenvalue weighted by Gasteiger charge is 2.30. The van der Waals surface area contributed by atoms with Crippen LogP contribution in [0.2, 0.25) is 0 Å². The maximum absolute atomic E-state index is 12.5. The molecule has 2 aromatic rings. The Kier molecular flexibility index (Phi) is 7.11. The van der Waals surface area contributed by atoms with Crippen LogP contribution in [-0.4, -0.2) is 38.1 Å². The van der Waals surface area contributed by atoms with E-state index >= 15 is 0 Å². The number of hydrogen-bond acceptors (Lipinski definition) is 5. The van der Waals surface area contributed by atoms with Crippen molar-refractivity contribution in [2.24, 2.45) is 5.92 Å². The SMILES string of the molecule is COC(=O)C[C@@H](C)[C@@H](NC(=O)c1ccc(-c2ccccc2)cc1)C(=O)OC. The van der Waals surface area contributed by atoms with Gasteiger partial charge < -0.3 is 14.8 Å². The summed E-state index contributed by atoms with van der Waals surface area (Å²) in [5.74, 6) is -1.96. The van der Waals surface area contributed by atoms with Crippen molar-refractivity contribution in [3.8, 4) is 11.1 Å². The maximum atomic E-state index is 12.5. The van der Waals surface area contributed by atoms with E-state index in [9.17, 15) is 14.4 Å². The van der Waals surface area contributed by atoms with Gasteiger partial charge in [-0.05, 0) is 29.2 Å². The Hall–Kier alpha value is -3.15. The molecule has 0 aliphatic heterocycles. The molecule has 0 aromatic heterocycles. The predicted molar refractivity (Wildman–Crippen MR) is 101 cm³/mol. The van der Waals surface area contributed by atoms with Crippen molar-refractivity contribution in [2.75, 3.05) is 14.2 Å². The number of amides is 1. The average molecular weight is 369 g/mol. The van der Waals surface area contributed by atoms with E-state index in [0.29, 0.717) is 5.56 Å². The Morgan fingerprint density at radius 3 is 2.04 bits per heavy atom. The van der Waals surface area contributed by atoms with Gasteiger partial charge in [0.25, 0.3) is 5.91 Å². The van der Waals surface area contributed by atoms with Crippen molar-refractivity contribution in [3.63, 3.8) is 0 Å². The van der Waals surface area contributed by atoms with E-state index in [2.05, 4.69) is 10.1 Å². The zero-order chi connectivity index (χ0) is 19.8. The number of methoxy groups -OCH3 is 2. The molecular formula is C21H23NO5. The maximum Gasteiger partial charge on any atom is 0.328 e. The summed E-state index contributed by atoms with van der Waals surface area (Å²) < 4.78 is 9.38. The van der Waals surface area contributed by atoms with Crippen molar-refractivity contribution in [1.29, 1.82) is 0 Å². The molecule has 142 valence electrons. The van der Waals surface area contributed by atoms with Crippen LogP contribution in [0.15, 0.2) is 54.6 Å². The monoisotopic (exact) mass is 369 g/mol. The Labute approximate surface area is 158 Å². The summed E-state index contributed by atoms with van der Waals surface area (Å²) in [4.78, 5) is 36.1. The first-order valence-electron chi connectivity index (χ1n) is 8.57. The molecule has 6 nitrogen and oxygen atoms in total. The quantitative estimate of drug-likeness (QED) is 0.759. The van der Waals surface area contributed by atoms with E-state index in [0.717, 1.165) is 11.1 Å². The first-order valence-corrected chi connectivity index (χ1v) is 8.57. The van der Waals surface area contributed by atoms with E-state index in [1.165, 1.54) is 14.2 Å². The van der Waals surface area contributed by atoms with Gasteiger partial charge in [-0.25, -0.2) is 4.79 Å². The minimum Gasteiger partial charge on any atom is -0.469 e. The molecule has 6 heteroatoms. The number of hydrogen-bond donors (Lipinski definition) is 1. The molecular weight excluding hydrogens is 346 g/mol. The summed E-state index contributed by atoms with van der Waals surface area (Å²) in [6, 6.07) is 15.9. The smallest absolute Gasteiger partial charge is 0.328 e. The first-order chi connectivity index (χ1) is 13.0. The molecule has 0 unspecified atom stereocenters. The van der Waals surface area contributed by atoms with E-state index in [1.54, 1.807) is 19.1 Å². The van der Waals surface area contributed by atoms with Crippen LogP contribution in [0.25, 0.3) is 11.1 Å². The lowest BCUT2D eigenvalue weighted by atomic mass is 9.97. The van der Waals surface area contributed by atoms with Crippen molar-refractivity contribution >= 4 is 17.8 Å². The third-order valence-corrected chi connectivity index (χ3v) is 4.28. The highest BCUT2D eigenvalue weighted by molar-refractivity contribution is 5.97. The van der Waals surface area contributed by atoms with Crippen molar-refractivity contribution in [1.82, 2.24) is 5.32 Å². The Morgan fingerprint density at radius 1 is 0.889 bits per heavy atom. The van der Waals surface area contributed by atoms with E-state index in [4.69, 9.17) is 4.74 Å². The highest BCUT2D eigenvalue weighted by Crippen LogP contribution is 2.19. The lowest BCUT2D eigenvalue weighted by molar-refractivity contribution is -0.146. The Bertz CT molecular complexity index is 786. The zero-order valence-electron chi connectivity index (χ0n) is 15.6. The van der Waals surface area contributed by atoms with Gasteiger partial charge in [0.1, 0.15) is 6.04 Å². The fourth-order valence-electron chi connectivity index (χ4n) is 2.69. The number of nitrogens with one attached hydrogen (secondary N) is 1. The van der Waals surface area contributed by atoms with Gasteiger partial charge in [0, 0.05) is 5.56 Å². The summed E-state index contributed by atoms with van der Waals surface area (Å²) >= 11 is 0. The van der Waals surface area contributed by atoms with Crippen LogP contribution in [0, 0.1) is 5.92 Å². The average Bonchev–Trinajstić information content (AvgIpc) is 2.71. The molecule has 0 fully saturated rings. The van der Waals surface area contributed by atoms with Crippen molar-refractivity contribution in [3.05, 3.63) is 60.2 Å². The number of rotatable bonds is 7. The van der Waals surface area contributed by atoms with Gasteiger partial charge in [0.15, 0.2) is 0 Å². The molecule has 0 radical (unpaired) electrons. The van der Waals surface area contributed by atoms with Crippen LogP contribution >= 0.6 is 0 Å². The zero-order valence-corrected chi connectivity index (χ0v) is 15.6. The normalized spacial score (nSPS) is 12.6. The molecule has 2 rings (SSSR count). The second-order valence-corrected chi connectivity index (χ2v) is 6.18. The minimum atomic E-state index is -0.949. The fraction of sp³-hybridized carbons (Fsp3) is 0.286. The fourth-order valence-corrected chi connectivity index (χ4v) is 2.69. The molecule has 2 aromatic carbocycles. The third-order valence-electron chi connectivity index (χ3n) is 4.28. The van der Waals surface area contributed by atoms with Crippen molar-refractivity contribution < 1.29 is 23.9 Å². The second-order valence-electron chi connectivity index (χ2n) is 6.18. The summed E-state index contributed by atoms with van der Waals surface area (Å²) in [5.41, 5.74) is 2.44. The predicted octanol–water partition coefficient (Wildman–Crippen LogP) is 2.82. The number of carbonyl (C=O) groups excluding carboxylic acids is 3. The first kappa shape index (κ1) is 20.2. The molecule has 0 saturated carbocycles. The molecule has 0 aliphatic rings. The molecule has 0 spiro atoms. The highest BCUT2D eigenvalue weighted by atomic mass is 16.5. The van der Waals surface area contributed by atoms with Gasteiger partial charge in [-0.15, -0.1) is 0 Å². The number of esters is 2. The van der Waals surface area contributed by atoms with Gasteiger partial charge in [0.2, 0.25) is 0 Å². The summed E-state index contributed by atoms with van der Waals surface area (Å²) in [7, 11) is 2.51. The van der Waals surface area contributed by atoms with Crippen LogP contribution < -0.4 is 5.32 Å². The second kappa shape index (κ2) is 9.52. The molecule has 0 bridgehead atoms. The molecule has 0 heterocycles. The third kappa shape index (κ3) is 5.41. The van der Waals surface area contributed by atoms with E-state index in [-0.39, 0.29) is 6.42 Å². The van der Waals surface area contributed by atoms with Crippen LogP contribution in [-0.2, 0) is 19.1 Å². The van der Waals surface area contributed by atoms with Crippen LogP contribution in [0.5, 0.6) is 0 Å². The van der Waals surface area contributed by atoms with Gasteiger partial charge >= 0.3 is 11.9 Å². The number of benzene rings is 2. The molecule has 1 amide bonds. The molecule has 2 atom stereocenters. The lowest BCUT2D eigenvalue weighted by Gasteiger charge is -2.22. The van der Waals surface area contributed by atoms with Gasteiger partial charge in [-0.1, -0.05) is 49.4 Å². The van der Waals surface area contributed by atoms with Crippen LogP contribution in [0.3, 0.4) is 0 Å². The minimum absolute atomic E-state index is 0.0104. The Balaban J connectivity index is 2.12.